The molecule has 0 bridgehead atoms. The van der Waals surface area contributed by atoms with Gasteiger partial charge in [0.05, 0.1) is 11.6 Å². The summed E-state index contributed by atoms with van der Waals surface area (Å²) >= 11 is 0. The Morgan fingerprint density at radius 1 is 0.327 bits per heavy atom. The molecule has 3 heteroatoms. The smallest absolute Gasteiger partial charge is 0.143 e. The minimum atomic E-state index is 0.639. The van der Waals surface area contributed by atoms with Crippen LogP contribution in [0.2, 0.25) is 0 Å². The number of benzene rings is 8. The molecule has 3 nitrogen and oxygen atoms in total. The molecule has 0 amide bonds. The van der Waals surface area contributed by atoms with Crippen molar-refractivity contribution >= 4 is 43.9 Å². The maximum atomic E-state index is 9.48. The summed E-state index contributed by atoms with van der Waals surface area (Å²) in [6.07, 6.45) is 0. The van der Waals surface area contributed by atoms with Gasteiger partial charge in [-0.2, -0.15) is 5.26 Å². The molecule has 10 aromatic rings. The molecule has 2 heterocycles. The van der Waals surface area contributed by atoms with Crippen molar-refractivity contribution in [3.05, 3.63) is 181 Å². The zero-order valence-corrected chi connectivity index (χ0v) is 28.0. The van der Waals surface area contributed by atoms with E-state index in [0.29, 0.717) is 5.56 Å². The van der Waals surface area contributed by atoms with Gasteiger partial charge in [-0.3, -0.25) is 0 Å². The number of para-hydroxylation sites is 4. The zero-order chi connectivity index (χ0) is 34.6. The number of fused-ring (bicyclic) bond motifs is 6. The first-order chi connectivity index (χ1) is 25.7. The van der Waals surface area contributed by atoms with Crippen molar-refractivity contribution in [3.63, 3.8) is 0 Å². The molecule has 0 radical (unpaired) electrons. The largest absolute Gasteiger partial charge is 0.455 e. The second-order valence-electron chi connectivity index (χ2n) is 13.2. The van der Waals surface area contributed by atoms with Crippen molar-refractivity contribution in [1.82, 2.24) is 0 Å². The third-order valence-electron chi connectivity index (χ3n) is 10.1. The molecule has 52 heavy (non-hydrogen) atoms. The van der Waals surface area contributed by atoms with Crippen LogP contribution < -0.4 is 0 Å². The predicted molar refractivity (Wildman–Crippen MR) is 213 cm³/mol. The molecule has 0 atom stereocenters. The van der Waals surface area contributed by atoms with E-state index in [4.69, 9.17) is 8.83 Å². The first-order valence-corrected chi connectivity index (χ1v) is 17.4. The normalized spacial score (nSPS) is 11.4. The lowest BCUT2D eigenvalue weighted by Crippen LogP contribution is -1.88. The molecule has 0 saturated carbocycles. The van der Waals surface area contributed by atoms with Crippen LogP contribution in [0.15, 0.2) is 185 Å². The molecular formula is C49H29NO2. The van der Waals surface area contributed by atoms with Gasteiger partial charge in [-0.25, -0.2) is 0 Å². The van der Waals surface area contributed by atoms with Gasteiger partial charge >= 0.3 is 0 Å². The van der Waals surface area contributed by atoms with E-state index in [1.807, 2.05) is 48.5 Å². The Bertz CT molecular complexity index is 2850. The van der Waals surface area contributed by atoms with Crippen molar-refractivity contribution in [1.29, 1.82) is 5.26 Å². The van der Waals surface area contributed by atoms with E-state index in [2.05, 4.69) is 133 Å². The van der Waals surface area contributed by atoms with Gasteiger partial charge in [-0.15, -0.1) is 0 Å². The van der Waals surface area contributed by atoms with Crippen LogP contribution in [0, 0.1) is 11.3 Å². The number of hydrogen-bond acceptors (Lipinski definition) is 3. The van der Waals surface area contributed by atoms with Crippen molar-refractivity contribution in [2.24, 2.45) is 0 Å². The summed E-state index contributed by atoms with van der Waals surface area (Å²) < 4.78 is 12.8. The van der Waals surface area contributed by atoms with E-state index >= 15 is 0 Å². The third kappa shape index (κ3) is 4.97. The number of nitrogens with zero attached hydrogens (tertiary/aromatic N) is 1. The number of nitriles is 1. The predicted octanol–water partition coefficient (Wildman–Crippen LogP) is 13.7. The molecule has 0 aliphatic rings. The van der Waals surface area contributed by atoms with Crippen LogP contribution in [0.5, 0.6) is 0 Å². The van der Waals surface area contributed by atoms with E-state index in [0.717, 1.165) is 99.5 Å². The topological polar surface area (TPSA) is 50.1 Å². The van der Waals surface area contributed by atoms with Gasteiger partial charge in [0.15, 0.2) is 0 Å². The van der Waals surface area contributed by atoms with Gasteiger partial charge in [-0.05, 0) is 99.1 Å². The molecule has 2 aromatic heterocycles. The molecule has 10 rings (SSSR count). The minimum Gasteiger partial charge on any atom is -0.455 e. The van der Waals surface area contributed by atoms with Crippen LogP contribution >= 0.6 is 0 Å². The van der Waals surface area contributed by atoms with Crippen LogP contribution in [0.25, 0.3) is 99.5 Å². The van der Waals surface area contributed by atoms with Crippen LogP contribution in [0.3, 0.4) is 0 Å². The Morgan fingerprint density at radius 3 is 1.23 bits per heavy atom. The molecule has 0 saturated heterocycles. The van der Waals surface area contributed by atoms with Gasteiger partial charge in [-0.1, -0.05) is 121 Å². The minimum absolute atomic E-state index is 0.639. The fourth-order valence-corrected chi connectivity index (χ4v) is 7.55. The molecule has 0 unspecified atom stereocenters. The number of furan rings is 2. The summed E-state index contributed by atoms with van der Waals surface area (Å²) in [5.74, 6) is 0. The molecule has 0 aliphatic carbocycles. The highest BCUT2D eigenvalue weighted by Gasteiger charge is 2.15. The van der Waals surface area contributed by atoms with Gasteiger partial charge in [0.25, 0.3) is 0 Å². The van der Waals surface area contributed by atoms with Crippen molar-refractivity contribution in [2.45, 2.75) is 0 Å². The average Bonchev–Trinajstić information content (AvgIpc) is 3.80. The molecule has 0 aliphatic heterocycles. The van der Waals surface area contributed by atoms with Gasteiger partial charge in [0, 0.05) is 32.7 Å². The molecule has 8 aromatic carbocycles. The monoisotopic (exact) mass is 663 g/mol. The van der Waals surface area contributed by atoms with E-state index in [1.54, 1.807) is 0 Å². The second kappa shape index (κ2) is 12.0. The molecule has 0 spiro atoms. The Balaban J connectivity index is 1.12. The van der Waals surface area contributed by atoms with Crippen molar-refractivity contribution < 1.29 is 8.83 Å². The van der Waals surface area contributed by atoms with Gasteiger partial charge in [0.1, 0.15) is 22.3 Å². The van der Waals surface area contributed by atoms with E-state index in [-0.39, 0.29) is 0 Å². The standard InChI is InChI=1S/C49H29NO2/c50-30-31-21-23-32(24-22-31)37-27-38(33-9-5-11-35(25-33)40-15-7-17-44-42-13-1-3-19-46(42)51-48(40)44)29-39(28-37)34-10-6-12-36(26-34)41-16-8-18-45-43-14-2-4-20-47(43)52-49(41)45/h1-29H. The lowest BCUT2D eigenvalue weighted by atomic mass is 9.91. The van der Waals surface area contributed by atoms with E-state index < -0.39 is 0 Å². The maximum absolute atomic E-state index is 9.48. The molecular weight excluding hydrogens is 635 g/mol. The van der Waals surface area contributed by atoms with E-state index in [9.17, 15) is 5.26 Å². The summed E-state index contributed by atoms with van der Waals surface area (Å²) in [7, 11) is 0. The highest BCUT2D eigenvalue weighted by Crippen LogP contribution is 2.40. The van der Waals surface area contributed by atoms with Gasteiger partial charge in [0.2, 0.25) is 0 Å². The van der Waals surface area contributed by atoms with Crippen LogP contribution in [0.1, 0.15) is 5.56 Å². The summed E-state index contributed by atoms with van der Waals surface area (Å²) in [6.45, 7) is 0. The van der Waals surface area contributed by atoms with Crippen LogP contribution in [0.4, 0.5) is 0 Å². The van der Waals surface area contributed by atoms with E-state index in [1.165, 1.54) is 0 Å². The fourth-order valence-electron chi connectivity index (χ4n) is 7.55. The highest BCUT2D eigenvalue weighted by atomic mass is 16.3. The number of rotatable bonds is 5. The Kier molecular flexibility index (Phi) is 6.87. The Morgan fingerprint density at radius 2 is 0.731 bits per heavy atom. The Labute approximate surface area is 300 Å². The van der Waals surface area contributed by atoms with Crippen LogP contribution in [-0.2, 0) is 0 Å². The molecule has 242 valence electrons. The fraction of sp³-hybridized carbons (Fsp3) is 0. The van der Waals surface area contributed by atoms with Gasteiger partial charge < -0.3 is 8.83 Å². The second-order valence-corrected chi connectivity index (χ2v) is 13.2. The summed E-state index contributed by atoms with van der Waals surface area (Å²) in [5, 5.41) is 13.9. The molecule has 0 fully saturated rings. The Hall–Kier alpha value is -7.15. The zero-order valence-electron chi connectivity index (χ0n) is 28.0. The van der Waals surface area contributed by atoms with Crippen molar-refractivity contribution in [3.8, 4) is 61.7 Å². The first-order valence-electron chi connectivity index (χ1n) is 17.4. The summed E-state index contributed by atoms with van der Waals surface area (Å²) in [5.41, 5.74) is 15.0. The highest BCUT2D eigenvalue weighted by molar-refractivity contribution is 6.10. The lowest BCUT2D eigenvalue weighted by Gasteiger charge is -2.13. The molecule has 0 N–H and O–H groups in total. The SMILES string of the molecule is N#Cc1ccc(-c2cc(-c3cccc(-c4cccc5c4oc4ccccc45)c3)cc(-c3cccc(-c4cccc5c4oc4ccccc45)c3)c2)cc1. The average molecular weight is 664 g/mol. The summed E-state index contributed by atoms with van der Waals surface area (Å²) in [4.78, 5) is 0. The first kappa shape index (κ1) is 29.7. The third-order valence-corrected chi connectivity index (χ3v) is 10.1. The lowest BCUT2D eigenvalue weighted by molar-refractivity contribution is 0.669. The quantitative estimate of drug-likeness (QED) is 0.184. The summed E-state index contributed by atoms with van der Waals surface area (Å²) in [6, 6.07) is 63.4. The number of hydrogen-bond donors (Lipinski definition) is 0. The van der Waals surface area contributed by atoms with Crippen molar-refractivity contribution in [2.75, 3.05) is 0 Å². The van der Waals surface area contributed by atoms with Crippen LogP contribution in [-0.4, -0.2) is 0 Å². The maximum Gasteiger partial charge on any atom is 0.143 e.